The number of thiophene rings is 1. The molecule has 2 heterocycles. The summed E-state index contributed by atoms with van der Waals surface area (Å²) in [5.41, 5.74) is 4.39. The molecule has 5 nitrogen and oxygen atoms in total. The summed E-state index contributed by atoms with van der Waals surface area (Å²) in [7, 11) is -3.75. The predicted molar refractivity (Wildman–Crippen MR) is 123 cm³/mol. The van der Waals surface area contributed by atoms with Crippen LogP contribution < -0.4 is 9.62 Å². The summed E-state index contributed by atoms with van der Waals surface area (Å²) < 4.78 is 29.4. The predicted octanol–water partition coefficient (Wildman–Crippen LogP) is 4.43. The van der Waals surface area contributed by atoms with E-state index in [4.69, 9.17) is 0 Å². The fraction of sp³-hybridized carbons (Fsp3) is 0.292. The molecule has 2 aliphatic rings. The average molecular weight is 453 g/mol. The van der Waals surface area contributed by atoms with Crippen molar-refractivity contribution in [3.63, 3.8) is 0 Å². The zero-order chi connectivity index (χ0) is 21.4. The second kappa shape index (κ2) is 8.22. The van der Waals surface area contributed by atoms with Gasteiger partial charge in [0.1, 0.15) is 0 Å². The molecule has 1 fully saturated rings. The van der Waals surface area contributed by atoms with Crippen molar-refractivity contribution in [2.24, 2.45) is 0 Å². The molecule has 1 unspecified atom stereocenters. The van der Waals surface area contributed by atoms with Crippen LogP contribution in [0.5, 0.6) is 0 Å². The smallest absolute Gasteiger partial charge is 0.241 e. The van der Waals surface area contributed by atoms with E-state index < -0.39 is 16.1 Å². The van der Waals surface area contributed by atoms with E-state index >= 15 is 0 Å². The van der Waals surface area contributed by atoms with Gasteiger partial charge in [0.2, 0.25) is 15.9 Å². The third kappa shape index (κ3) is 4.05. The highest BCUT2D eigenvalue weighted by Crippen LogP contribution is 2.32. The van der Waals surface area contributed by atoms with E-state index in [2.05, 4.69) is 16.9 Å². The molecule has 2 aromatic carbocycles. The Labute approximate surface area is 186 Å². The van der Waals surface area contributed by atoms with Crippen molar-refractivity contribution in [1.29, 1.82) is 0 Å². The third-order valence-electron chi connectivity index (χ3n) is 6.09. The van der Waals surface area contributed by atoms with Crippen molar-refractivity contribution in [3.05, 3.63) is 81.5 Å². The minimum absolute atomic E-state index is 0.0862. The molecule has 0 saturated carbocycles. The first kappa shape index (κ1) is 20.4. The van der Waals surface area contributed by atoms with E-state index in [0.29, 0.717) is 13.0 Å². The number of rotatable bonds is 6. The highest BCUT2D eigenvalue weighted by atomic mass is 32.2. The number of aryl methyl sites for hydroxylation is 2. The van der Waals surface area contributed by atoms with E-state index in [1.54, 1.807) is 40.5 Å². The fourth-order valence-corrected chi connectivity index (χ4v) is 6.55. The Bertz CT molecular complexity index is 1200. The minimum Gasteiger partial charge on any atom is -0.312 e. The van der Waals surface area contributed by atoms with Gasteiger partial charge in [0.25, 0.3) is 0 Å². The van der Waals surface area contributed by atoms with E-state index in [1.165, 1.54) is 11.1 Å². The maximum atomic E-state index is 13.3. The molecule has 3 aromatic rings. The molecule has 1 aliphatic carbocycles. The normalized spacial score (nSPS) is 17.2. The van der Waals surface area contributed by atoms with Crippen molar-refractivity contribution >= 4 is 33.0 Å². The van der Waals surface area contributed by atoms with Crippen LogP contribution in [0.1, 0.15) is 46.9 Å². The summed E-state index contributed by atoms with van der Waals surface area (Å²) >= 11 is 1.54. The van der Waals surface area contributed by atoms with Crippen molar-refractivity contribution in [1.82, 2.24) is 4.72 Å². The first-order valence-electron chi connectivity index (χ1n) is 10.6. The molecule has 1 aliphatic heterocycles. The van der Waals surface area contributed by atoms with Crippen molar-refractivity contribution in [2.45, 2.75) is 43.0 Å². The number of carbonyl (C=O) groups is 1. The molecule has 0 bridgehead atoms. The van der Waals surface area contributed by atoms with Crippen LogP contribution in [0.3, 0.4) is 0 Å². The van der Waals surface area contributed by atoms with Gasteiger partial charge in [-0.3, -0.25) is 4.79 Å². The first-order chi connectivity index (χ1) is 15.0. The topological polar surface area (TPSA) is 66.5 Å². The van der Waals surface area contributed by atoms with Crippen LogP contribution in [0.15, 0.2) is 64.9 Å². The van der Waals surface area contributed by atoms with Gasteiger partial charge in [-0.1, -0.05) is 24.3 Å². The van der Waals surface area contributed by atoms with E-state index in [1.807, 2.05) is 23.6 Å². The Morgan fingerprint density at radius 2 is 1.74 bits per heavy atom. The van der Waals surface area contributed by atoms with Crippen LogP contribution in [0.4, 0.5) is 5.69 Å². The molecule has 31 heavy (non-hydrogen) atoms. The lowest BCUT2D eigenvalue weighted by molar-refractivity contribution is -0.117. The number of nitrogens with one attached hydrogen (secondary N) is 1. The molecule has 1 atom stereocenters. The minimum atomic E-state index is -3.75. The molecule has 7 heteroatoms. The molecular formula is C24H24N2O3S2. The van der Waals surface area contributed by atoms with Gasteiger partial charge >= 0.3 is 0 Å². The summed E-state index contributed by atoms with van der Waals surface area (Å²) in [4.78, 5) is 14.8. The average Bonchev–Trinajstić information content (AvgIpc) is 3.53. The Hall–Kier alpha value is -2.48. The fourth-order valence-electron chi connectivity index (χ4n) is 4.47. The highest BCUT2D eigenvalue weighted by Gasteiger charge is 2.26. The molecule has 1 aromatic heterocycles. The van der Waals surface area contributed by atoms with Gasteiger partial charge in [-0.15, -0.1) is 11.3 Å². The highest BCUT2D eigenvalue weighted by molar-refractivity contribution is 7.89. The van der Waals surface area contributed by atoms with Gasteiger partial charge in [-0.25, -0.2) is 8.42 Å². The van der Waals surface area contributed by atoms with Crippen LogP contribution in [0.25, 0.3) is 0 Å². The van der Waals surface area contributed by atoms with Crippen LogP contribution in [-0.2, 0) is 27.7 Å². The quantitative estimate of drug-likeness (QED) is 0.602. The van der Waals surface area contributed by atoms with Crippen LogP contribution in [0, 0.1) is 0 Å². The van der Waals surface area contributed by atoms with E-state index in [0.717, 1.165) is 41.8 Å². The van der Waals surface area contributed by atoms with Gasteiger partial charge in [0.05, 0.1) is 10.9 Å². The maximum Gasteiger partial charge on any atom is 0.241 e. The molecular weight excluding hydrogens is 428 g/mol. The number of anilines is 1. The van der Waals surface area contributed by atoms with Crippen molar-refractivity contribution in [2.75, 3.05) is 11.4 Å². The zero-order valence-electron chi connectivity index (χ0n) is 17.1. The molecule has 1 amide bonds. The SMILES string of the molecule is O=C1CCCN1c1ccc(S(=O)(=O)NC(c2ccc3c(c2)CCC3)c2cccs2)cc1. The van der Waals surface area contributed by atoms with Gasteiger partial charge < -0.3 is 4.90 Å². The lowest BCUT2D eigenvalue weighted by Crippen LogP contribution is -2.29. The summed E-state index contributed by atoms with van der Waals surface area (Å²) in [5, 5.41) is 1.96. The lowest BCUT2D eigenvalue weighted by atomic mass is 10.0. The second-order valence-electron chi connectivity index (χ2n) is 8.09. The van der Waals surface area contributed by atoms with Gasteiger partial charge in [0.15, 0.2) is 0 Å². The van der Waals surface area contributed by atoms with Gasteiger partial charge in [-0.2, -0.15) is 4.72 Å². The zero-order valence-corrected chi connectivity index (χ0v) is 18.7. The Morgan fingerprint density at radius 1 is 0.935 bits per heavy atom. The number of amides is 1. The van der Waals surface area contributed by atoms with Crippen LogP contribution >= 0.6 is 11.3 Å². The largest absolute Gasteiger partial charge is 0.312 e. The summed E-state index contributed by atoms with van der Waals surface area (Å²) in [6, 6.07) is 16.4. The van der Waals surface area contributed by atoms with Crippen LogP contribution in [0.2, 0.25) is 0 Å². The Kier molecular flexibility index (Phi) is 5.42. The summed E-state index contributed by atoms with van der Waals surface area (Å²) in [6.07, 6.45) is 4.68. The monoisotopic (exact) mass is 452 g/mol. The number of hydrogen-bond acceptors (Lipinski definition) is 4. The number of nitrogens with zero attached hydrogens (tertiary/aromatic N) is 1. The molecule has 0 spiro atoms. The first-order valence-corrected chi connectivity index (χ1v) is 13.0. The summed E-state index contributed by atoms with van der Waals surface area (Å²) in [5.74, 6) is 0.0862. The third-order valence-corrected chi connectivity index (χ3v) is 8.46. The van der Waals surface area contributed by atoms with Gasteiger partial charge in [0, 0.05) is 23.5 Å². The maximum absolute atomic E-state index is 13.3. The molecule has 160 valence electrons. The number of benzene rings is 2. The molecule has 1 N–H and O–H groups in total. The molecule has 1 saturated heterocycles. The number of carbonyl (C=O) groups excluding carboxylic acids is 1. The van der Waals surface area contributed by atoms with Gasteiger partial charge in [-0.05, 0) is 78.1 Å². The van der Waals surface area contributed by atoms with Crippen molar-refractivity contribution < 1.29 is 13.2 Å². The standard InChI is InChI=1S/C24H24N2O3S2/c27-23-7-2-14-26(23)20-10-12-21(13-11-20)31(28,29)25-24(22-6-3-15-30-22)19-9-8-17-4-1-5-18(17)16-19/h3,6,8-13,15-16,24-25H,1-2,4-5,7,14H2. The van der Waals surface area contributed by atoms with Crippen molar-refractivity contribution in [3.8, 4) is 0 Å². The lowest BCUT2D eigenvalue weighted by Gasteiger charge is -2.20. The number of fused-ring (bicyclic) bond motifs is 1. The van der Waals surface area contributed by atoms with E-state index in [9.17, 15) is 13.2 Å². The summed E-state index contributed by atoms with van der Waals surface area (Å²) in [6.45, 7) is 0.683. The Morgan fingerprint density at radius 3 is 2.45 bits per heavy atom. The van der Waals surface area contributed by atoms with Crippen LogP contribution in [-0.4, -0.2) is 20.9 Å². The number of sulfonamides is 1. The van der Waals surface area contributed by atoms with E-state index in [-0.39, 0.29) is 10.8 Å². The Balaban J connectivity index is 1.44. The second-order valence-corrected chi connectivity index (χ2v) is 10.8. The molecule has 0 radical (unpaired) electrons. The molecule has 5 rings (SSSR count). The number of hydrogen-bond donors (Lipinski definition) is 1.